The van der Waals surface area contributed by atoms with Crippen molar-refractivity contribution >= 4 is 11.6 Å². The first-order valence-corrected chi connectivity index (χ1v) is 6.88. The highest BCUT2D eigenvalue weighted by Gasteiger charge is 2.12. The fourth-order valence-corrected chi connectivity index (χ4v) is 2.31. The van der Waals surface area contributed by atoms with Gasteiger partial charge in [-0.3, -0.25) is 0 Å². The zero-order chi connectivity index (χ0) is 14.7. The van der Waals surface area contributed by atoms with Crippen LogP contribution in [0, 0.1) is 0 Å². The van der Waals surface area contributed by atoms with Crippen molar-refractivity contribution in [2.75, 3.05) is 0 Å². The Morgan fingerprint density at radius 2 is 1.35 bits per heavy atom. The van der Waals surface area contributed by atoms with Gasteiger partial charge in [0.05, 0.1) is 0 Å². The van der Waals surface area contributed by atoms with Crippen LogP contribution in [0.15, 0.2) is 42.5 Å². The second-order valence-corrected chi connectivity index (χ2v) is 5.38. The molecule has 0 saturated heterocycles. The van der Waals surface area contributed by atoms with E-state index >= 15 is 0 Å². The zero-order valence-corrected chi connectivity index (χ0v) is 12.2. The molecule has 106 valence electrons. The lowest BCUT2D eigenvalue weighted by atomic mass is 10.0. The number of halogens is 1. The van der Waals surface area contributed by atoms with Crippen molar-refractivity contribution in [3.8, 4) is 11.5 Å². The second-order valence-electron chi connectivity index (χ2n) is 4.94. The Morgan fingerprint density at radius 1 is 0.850 bits per heavy atom. The molecule has 0 saturated carbocycles. The maximum Gasteiger partial charge on any atom is 0.119 e. The van der Waals surface area contributed by atoms with Gasteiger partial charge in [0.15, 0.2) is 0 Å². The molecule has 0 radical (unpaired) electrons. The fourth-order valence-electron chi connectivity index (χ4n) is 2.19. The number of hydrogen-bond acceptors (Lipinski definition) is 3. The third kappa shape index (κ3) is 3.65. The number of benzene rings is 2. The molecule has 0 fully saturated rings. The van der Waals surface area contributed by atoms with Crippen LogP contribution in [-0.2, 0) is 0 Å². The Kier molecular flexibility index (Phi) is 4.53. The molecular weight excluding hydrogens is 274 g/mol. The van der Waals surface area contributed by atoms with Gasteiger partial charge in [-0.15, -0.1) is 0 Å². The van der Waals surface area contributed by atoms with Gasteiger partial charge in [0.25, 0.3) is 0 Å². The number of hydrogen-bond donors (Lipinski definition) is 3. The predicted octanol–water partition coefficient (Wildman–Crippen LogP) is 4.16. The van der Waals surface area contributed by atoms with E-state index in [1.807, 2.05) is 31.2 Å². The van der Waals surface area contributed by atoms with Gasteiger partial charge in [0.2, 0.25) is 0 Å². The molecule has 20 heavy (non-hydrogen) atoms. The summed E-state index contributed by atoms with van der Waals surface area (Å²) in [5.41, 5.74) is 1.97. The van der Waals surface area contributed by atoms with Crippen LogP contribution in [0.3, 0.4) is 0 Å². The first-order chi connectivity index (χ1) is 9.45. The predicted molar refractivity (Wildman–Crippen MR) is 81.2 cm³/mol. The van der Waals surface area contributed by atoms with E-state index < -0.39 is 0 Å². The quantitative estimate of drug-likeness (QED) is 0.793. The summed E-state index contributed by atoms with van der Waals surface area (Å²) in [7, 11) is 0. The number of aromatic hydroxyl groups is 2. The van der Waals surface area contributed by atoms with Crippen molar-refractivity contribution < 1.29 is 10.2 Å². The molecule has 3 nitrogen and oxygen atoms in total. The molecule has 0 spiro atoms. The Bertz CT molecular complexity index is 563. The standard InChI is InChI=1S/C16H18ClNO2/c1-10(12-3-5-14(17)6-4-12)18-11(2)13-7-15(19)9-16(20)8-13/h3-11,18-20H,1-2H3/t10-,11?/m1/s1. The summed E-state index contributed by atoms with van der Waals surface area (Å²) in [6.45, 7) is 4.04. The molecule has 0 bridgehead atoms. The van der Waals surface area contributed by atoms with Crippen LogP contribution in [0.4, 0.5) is 0 Å². The Morgan fingerprint density at radius 3 is 1.90 bits per heavy atom. The highest BCUT2D eigenvalue weighted by Crippen LogP contribution is 2.26. The molecule has 4 heteroatoms. The van der Waals surface area contributed by atoms with Crippen molar-refractivity contribution in [2.24, 2.45) is 0 Å². The van der Waals surface area contributed by atoms with Gasteiger partial charge in [0, 0.05) is 23.2 Å². The van der Waals surface area contributed by atoms with E-state index in [0.29, 0.717) is 5.02 Å². The molecule has 0 heterocycles. The smallest absolute Gasteiger partial charge is 0.119 e. The minimum absolute atomic E-state index is 0.00122. The Labute approximate surface area is 123 Å². The summed E-state index contributed by atoms with van der Waals surface area (Å²) in [6, 6.07) is 12.4. The maximum atomic E-state index is 9.52. The van der Waals surface area contributed by atoms with Crippen LogP contribution >= 0.6 is 11.6 Å². The van der Waals surface area contributed by atoms with E-state index in [1.165, 1.54) is 6.07 Å². The molecule has 0 aromatic heterocycles. The number of phenols is 2. The topological polar surface area (TPSA) is 52.5 Å². The molecule has 0 aliphatic carbocycles. The van der Waals surface area contributed by atoms with Crippen LogP contribution in [0.25, 0.3) is 0 Å². The number of phenolic OH excluding ortho intramolecular Hbond substituents is 2. The molecule has 0 aliphatic heterocycles. The minimum Gasteiger partial charge on any atom is -0.508 e. The van der Waals surface area contributed by atoms with Crippen molar-refractivity contribution in [1.82, 2.24) is 5.32 Å². The Balaban J connectivity index is 2.10. The summed E-state index contributed by atoms with van der Waals surface area (Å²) < 4.78 is 0. The van der Waals surface area contributed by atoms with Gasteiger partial charge in [-0.05, 0) is 49.2 Å². The number of rotatable bonds is 4. The van der Waals surface area contributed by atoms with Gasteiger partial charge in [-0.25, -0.2) is 0 Å². The first-order valence-electron chi connectivity index (χ1n) is 6.50. The van der Waals surface area contributed by atoms with E-state index in [1.54, 1.807) is 12.1 Å². The zero-order valence-electron chi connectivity index (χ0n) is 11.5. The lowest BCUT2D eigenvalue weighted by molar-refractivity contribution is 0.442. The van der Waals surface area contributed by atoms with Gasteiger partial charge >= 0.3 is 0 Å². The lowest BCUT2D eigenvalue weighted by Gasteiger charge is -2.21. The van der Waals surface area contributed by atoms with Crippen LogP contribution in [0.5, 0.6) is 11.5 Å². The monoisotopic (exact) mass is 291 g/mol. The average Bonchev–Trinajstić information content (AvgIpc) is 2.38. The molecule has 1 unspecified atom stereocenters. The van der Waals surface area contributed by atoms with E-state index in [0.717, 1.165) is 11.1 Å². The molecule has 2 atom stereocenters. The molecular formula is C16H18ClNO2. The third-order valence-electron chi connectivity index (χ3n) is 3.29. The minimum atomic E-state index is -0.00122. The van der Waals surface area contributed by atoms with Gasteiger partial charge in [-0.1, -0.05) is 23.7 Å². The van der Waals surface area contributed by atoms with E-state index in [-0.39, 0.29) is 23.6 Å². The van der Waals surface area contributed by atoms with Crippen LogP contribution in [0.1, 0.15) is 37.1 Å². The van der Waals surface area contributed by atoms with Crippen molar-refractivity contribution in [3.63, 3.8) is 0 Å². The summed E-state index contributed by atoms with van der Waals surface area (Å²) in [4.78, 5) is 0. The molecule has 3 N–H and O–H groups in total. The maximum absolute atomic E-state index is 9.52. The van der Waals surface area contributed by atoms with Crippen LogP contribution in [-0.4, -0.2) is 10.2 Å². The SMILES string of the molecule is CC(N[C@H](C)c1ccc(Cl)cc1)c1cc(O)cc(O)c1. The summed E-state index contributed by atoms with van der Waals surface area (Å²) in [6.07, 6.45) is 0. The molecule has 0 amide bonds. The van der Waals surface area contributed by atoms with Gasteiger partial charge < -0.3 is 15.5 Å². The highest BCUT2D eigenvalue weighted by molar-refractivity contribution is 6.30. The first kappa shape index (κ1) is 14.7. The van der Waals surface area contributed by atoms with Crippen molar-refractivity contribution in [1.29, 1.82) is 0 Å². The van der Waals surface area contributed by atoms with E-state index in [2.05, 4.69) is 12.2 Å². The van der Waals surface area contributed by atoms with Crippen molar-refractivity contribution in [3.05, 3.63) is 58.6 Å². The highest BCUT2D eigenvalue weighted by atomic mass is 35.5. The largest absolute Gasteiger partial charge is 0.508 e. The third-order valence-corrected chi connectivity index (χ3v) is 3.55. The lowest BCUT2D eigenvalue weighted by Crippen LogP contribution is -2.22. The average molecular weight is 292 g/mol. The molecule has 0 aliphatic rings. The van der Waals surface area contributed by atoms with Crippen LogP contribution in [0.2, 0.25) is 5.02 Å². The van der Waals surface area contributed by atoms with Gasteiger partial charge in [-0.2, -0.15) is 0 Å². The second kappa shape index (κ2) is 6.16. The van der Waals surface area contributed by atoms with Crippen molar-refractivity contribution in [2.45, 2.75) is 25.9 Å². The van der Waals surface area contributed by atoms with Gasteiger partial charge in [0.1, 0.15) is 11.5 Å². The summed E-state index contributed by atoms with van der Waals surface area (Å²) in [5.74, 6) is 0.126. The van der Waals surface area contributed by atoms with Crippen LogP contribution < -0.4 is 5.32 Å². The van der Waals surface area contributed by atoms with E-state index in [4.69, 9.17) is 11.6 Å². The summed E-state index contributed by atoms with van der Waals surface area (Å²) >= 11 is 5.88. The molecule has 2 rings (SSSR count). The summed E-state index contributed by atoms with van der Waals surface area (Å²) in [5, 5.41) is 23.2. The normalized spacial score (nSPS) is 13.9. The van der Waals surface area contributed by atoms with E-state index in [9.17, 15) is 10.2 Å². The Hall–Kier alpha value is -1.71. The number of nitrogens with one attached hydrogen (secondary N) is 1. The fraction of sp³-hybridized carbons (Fsp3) is 0.250. The molecule has 2 aromatic carbocycles. The molecule has 2 aromatic rings.